The Balaban J connectivity index is 0.943. The summed E-state index contributed by atoms with van der Waals surface area (Å²) in [7, 11) is 0. The van der Waals surface area contributed by atoms with Crippen LogP contribution in [0, 0.1) is 18.2 Å². The van der Waals surface area contributed by atoms with E-state index in [1.165, 1.54) is 18.2 Å². The molecule has 0 atom stereocenters. The van der Waals surface area contributed by atoms with Crippen molar-refractivity contribution < 1.29 is 8.78 Å². The van der Waals surface area contributed by atoms with Gasteiger partial charge in [0.05, 0.1) is 62.7 Å². The van der Waals surface area contributed by atoms with Crippen molar-refractivity contribution in [3.8, 4) is 112 Å². The fraction of sp³-hybridized carbons (Fsp3) is 0. The number of nitrogens with zero attached hydrogens (tertiary/aromatic N) is 7. The van der Waals surface area contributed by atoms with Gasteiger partial charge in [-0.05, 0) is 95.1 Å². The number of aromatic nitrogens is 6. The third kappa shape index (κ3) is 9.44. The Hall–Kier alpha value is -12.3. The summed E-state index contributed by atoms with van der Waals surface area (Å²) in [5.41, 5.74) is 18.7. The van der Waals surface area contributed by atoms with Gasteiger partial charge in [-0.2, -0.15) is 0 Å². The Bertz CT molecular complexity index is 5150. The van der Waals surface area contributed by atoms with Crippen LogP contribution in [0.25, 0.3) is 160 Å². The van der Waals surface area contributed by atoms with Crippen molar-refractivity contribution in [2.75, 3.05) is 0 Å². The minimum Gasteiger partial charge on any atom is -0.319 e. The molecule has 0 spiro atoms. The summed E-state index contributed by atoms with van der Waals surface area (Å²) in [6.07, 6.45) is 7.52. The number of pyridine rings is 4. The van der Waals surface area contributed by atoms with Crippen molar-refractivity contribution in [1.29, 1.82) is 0 Å². The lowest BCUT2D eigenvalue weighted by Crippen LogP contribution is -2.03. The Morgan fingerprint density at radius 1 is 0.278 bits per heavy atom. The number of rotatable bonds is 11. The van der Waals surface area contributed by atoms with Crippen molar-refractivity contribution in [1.82, 2.24) is 29.1 Å². The van der Waals surface area contributed by atoms with Crippen LogP contribution < -0.4 is 0 Å². The Labute approximate surface area is 517 Å². The summed E-state index contributed by atoms with van der Waals surface area (Å²) in [6.45, 7) is 9.22. The molecule has 7 nitrogen and oxygen atoms in total. The smallest absolute Gasteiger partial charge is 0.212 e. The molecule has 16 aromatic rings. The van der Waals surface area contributed by atoms with E-state index in [-0.39, 0.29) is 16.8 Å². The molecule has 422 valence electrons. The molecule has 0 amide bonds. The van der Waals surface area contributed by atoms with E-state index in [4.69, 9.17) is 19.9 Å². The van der Waals surface area contributed by atoms with Gasteiger partial charge in [0, 0.05) is 102 Å². The molecule has 16 rings (SSSR count). The highest BCUT2D eigenvalue weighted by Crippen LogP contribution is 2.47. The highest BCUT2D eigenvalue weighted by molar-refractivity contribution is 6.14. The van der Waals surface area contributed by atoms with E-state index in [0.29, 0.717) is 11.4 Å². The molecule has 0 saturated carbocycles. The number of fused-ring (bicyclic) bond motifs is 6. The van der Waals surface area contributed by atoms with E-state index in [1.54, 1.807) is 12.1 Å². The molecule has 0 fully saturated rings. The molecule has 90 heavy (non-hydrogen) atoms. The van der Waals surface area contributed by atoms with Crippen molar-refractivity contribution in [2.45, 2.75) is 0 Å². The maximum absolute atomic E-state index is 17.2. The maximum Gasteiger partial charge on any atom is 0.212 e. The van der Waals surface area contributed by atoms with E-state index >= 15 is 8.78 Å². The van der Waals surface area contributed by atoms with Gasteiger partial charge in [-0.1, -0.05) is 200 Å². The first kappa shape index (κ1) is 53.2. The lowest BCUT2D eigenvalue weighted by atomic mass is 9.99. The van der Waals surface area contributed by atoms with Gasteiger partial charge in [0.2, 0.25) is 5.69 Å². The van der Waals surface area contributed by atoms with Crippen LogP contribution in [0.3, 0.4) is 0 Å². The Kier molecular flexibility index (Phi) is 13.2. The second kappa shape index (κ2) is 22.2. The molecular weight excluding hydrogens is 1110 g/mol. The molecule has 0 aliphatic rings. The molecule has 0 aliphatic carbocycles. The van der Waals surface area contributed by atoms with Crippen molar-refractivity contribution in [2.24, 2.45) is 0 Å². The largest absolute Gasteiger partial charge is 0.319 e. The topological polar surface area (TPSA) is 65.8 Å². The van der Waals surface area contributed by atoms with Crippen LogP contribution in [-0.4, -0.2) is 29.1 Å². The zero-order chi connectivity index (χ0) is 60.2. The zero-order valence-electron chi connectivity index (χ0n) is 48.2. The van der Waals surface area contributed by atoms with Crippen LogP contribution in [0.15, 0.2) is 298 Å². The van der Waals surface area contributed by atoms with Crippen LogP contribution >= 0.6 is 0 Å². The zero-order valence-corrected chi connectivity index (χ0v) is 48.2. The fourth-order valence-electron chi connectivity index (χ4n) is 12.6. The second-order valence-corrected chi connectivity index (χ2v) is 22.4. The normalized spacial score (nSPS) is 11.4. The summed E-state index contributed by atoms with van der Waals surface area (Å²) < 4.78 is 38.6. The van der Waals surface area contributed by atoms with Gasteiger partial charge < -0.3 is 9.13 Å². The summed E-state index contributed by atoms with van der Waals surface area (Å²) >= 11 is 0. The minimum atomic E-state index is -0.751. The standard InChI is InChI=1S/C81H49F2N7/c1-84-74-46-79(89-75-41-55(59-29-37-70(85-47-59)51-15-6-2-7-16-51)25-33-63(75)64-34-26-56(42-76(64)89)60-30-38-71(86-48-60)52-17-8-3-9-18-52)67(81-68(82)23-14-24-69(81)83)45-80(74)90-77-43-57(61-31-39-72(87-49-61)53-19-10-4-11-20-53)27-35-65(77)66-36-28-58(44-78(66)90)62-32-40-73(88-50-62)54-21-12-5-13-22-54/h2-50H. The molecule has 6 heterocycles. The molecular formula is C81H49F2N7. The predicted octanol–water partition coefficient (Wildman–Crippen LogP) is 21.3. The maximum atomic E-state index is 17.2. The van der Waals surface area contributed by atoms with Crippen LogP contribution in [0.5, 0.6) is 0 Å². The molecule has 0 radical (unpaired) electrons. The van der Waals surface area contributed by atoms with Crippen LogP contribution in [0.1, 0.15) is 0 Å². The first-order chi connectivity index (χ1) is 44.4. The molecule has 10 aromatic carbocycles. The Morgan fingerprint density at radius 3 is 0.867 bits per heavy atom. The first-order valence-corrected chi connectivity index (χ1v) is 29.6. The second-order valence-electron chi connectivity index (χ2n) is 22.4. The van der Waals surface area contributed by atoms with E-state index in [9.17, 15) is 6.57 Å². The van der Waals surface area contributed by atoms with Crippen LogP contribution in [-0.2, 0) is 0 Å². The molecule has 0 N–H and O–H groups in total. The number of benzene rings is 10. The lowest BCUT2D eigenvalue weighted by molar-refractivity contribution is 0.589. The average molecular weight is 1160 g/mol. The molecule has 0 aliphatic heterocycles. The molecule has 9 heteroatoms. The summed E-state index contributed by atoms with van der Waals surface area (Å²) in [5, 5.41) is 3.65. The third-order valence-corrected chi connectivity index (χ3v) is 17.1. The molecule has 0 saturated heterocycles. The van der Waals surface area contributed by atoms with Crippen LogP contribution in [0.4, 0.5) is 14.5 Å². The van der Waals surface area contributed by atoms with E-state index in [1.807, 2.05) is 170 Å². The molecule has 0 unspecified atom stereocenters. The number of hydrogen-bond acceptors (Lipinski definition) is 4. The number of hydrogen-bond donors (Lipinski definition) is 0. The Morgan fingerprint density at radius 2 is 0.578 bits per heavy atom. The van der Waals surface area contributed by atoms with Crippen molar-refractivity contribution >= 4 is 49.3 Å². The summed E-state index contributed by atoms with van der Waals surface area (Å²) in [5.74, 6) is -1.50. The van der Waals surface area contributed by atoms with Gasteiger partial charge in [0.25, 0.3) is 0 Å². The van der Waals surface area contributed by atoms with Gasteiger partial charge in [-0.25, -0.2) is 13.6 Å². The third-order valence-electron chi connectivity index (χ3n) is 17.1. The summed E-state index contributed by atoms with van der Waals surface area (Å²) in [4.78, 5) is 24.0. The van der Waals surface area contributed by atoms with Gasteiger partial charge in [0.1, 0.15) is 11.6 Å². The highest BCUT2D eigenvalue weighted by Gasteiger charge is 2.26. The quantitative estimate of drug-likeness (QED) is 0.121. The van der Waals surface area contributed by atoms with Gasteiger partial charge in [-0.15, -0.1) is 0 Å². The van der Waals surface area contributed by atoms with Gasteiger partial charge in [-0.3, -0.25) is 19.9 Å². The SMILES string of the molecule is [C-]#[N+]c1cc(-n2c3cc(-c4ccc(-c5ccccc5)nc4)ccc3c3ccc(-c4ccc(-c5ccccc5)nc4)cc32)c(-c2c(F)cccc2F)cc1-n1c2cc(-c3ccc(-c4ccccc4)nc3)ccc2c2ccc(-c3ccc(-c4ccccc4)nc3)cc21. The van der Waals surface area contributed by atoms with E-state index < -0.39 is 11.6 Å². The van der Waals surface area contributed by atoms with Gasteiger partial charge in [0.15, 0.2) is 0 Å². The first-order valence-electron chi connectivity index (χ1n) is 29.6. The minimum absolute atomic E-state index is 0.231. The van der Waals surface area contributed by atoms with E-state index in [0.717, 1.165) is 133 Å². The van der Waals surface area contributed by atoms with Crippen molar-refractivity contribution in [3.05, 3.63) is 321 Å². The number of halogens is 2. The molecule has 0 bridgehead atoms. The lowest BCUT2D eigenvalue weighted by Gasteiger charge is -2.20. The predicted molar refractivity (Wildman–Crippen MR) is 361 cm³/mol. The van der Waals surface area contributed by atoms with E-state index in [2.05, 4.69) is 111 Å². The summed E-state index contributed by atoms with van der Waals surface area (Å²) in [6, 6.07) is 89.4. The monoisotopic (exact) mass is 1160 g/mol. The average Bonchev–Trinajstić information content (AvgIpc) is 1.55. The highest BCUT2D eigenvalue weighted by atomic mass is 19.1. The van der Waals surface area contributed by atoms with Crippen LogP contribution in [0.2, 0.25) is 0 Å². The molecule has 6 aromatic heterocycles. The van der Waals surface area contributed by atoms with Gasteiger partial charge >= 0.3 is 0 Å². The fourth-order valence-corrected chi connectivity index (χ4v) is 12.6. The van der Waals surface area contributed by atoms with Crippen molar-refractivity contribution in [3.63, 3.8) is 0 Å².